The third kappa shape index (κ3) is 2.62. The van der Waals surface area contributed by atoms with Crippen molar-refractivity contribution in [3.8, 4) is 0 Å². The van der Waals surface area contributed by atoms with Crippen molar-refractivity contribution in [2.45, 2.75) is 50.6 Å². The molecule has 0 heterocycles. The van der Waals surface area contributed by atoms with E-state index in [4.69, 9.17) is 5.73 Å². The number of hydrogen-bond acceptors (Lipinski definition) is 3. The van der Waals surface area contributed by atoms with Crippen LogP contribution in [0.4, 0.5) is 0 Å². The van der Waals surface area contributed by atoms with Gasteiger partial charge in [0, 0.05) is 30.7 Å². The Hall–Kier alpha value is -0.900. The Morgan fingerprint density at radius 2 is 1.85 bits per heavy atom. The van der Waals surface area contributed by atoms with Crippen molar-refractivity contribution in [2.75, 3.05) is 13.2 Å². The van der Waals surface area contributed by atoms with E-state index in [1.54, 1.807) is 0 Å². The van der Waals surface area contributed by atoms with E-state index in [2.05, 4.69) is 29.6 Å². The Bertz CT molecular complexity index is 454. The van der Waals surface area contributed by atoms with Crippen molar-refractivity contribution < 1.29 is 5.11 Å². The average Bonchev–Trinajstić information content (AvgIpc) is 2.83. The van der Waals surface area contributed by atoms with Gasteiger partial charge in [0.15, 0.2) is 0 Å². The molecule has 2 atom stereocenters. The summed E-state index contributed by atoms with van der Waals surface area (Å²) in [5.74, 6) is 0. The number of aliphatic hydroxyl groups is 1. The van der Waals surface area contributed by atoms with Gasteiger partial charge in [0.2, 0.25) is 0 Å². The lowest BCUT2D eigenvalue weighted by Gasteiger charge is -2.36. The predicted octanol–water partition coefficient (Wildman–Crippen LogP) is 2.66. The third-order valence-corrected chi connectivity index (χ3v) is 5.23. The molecule has 1 saturated carbocycles. The van der Waals surface area contributed by atoms with Gasteiger partial charge in [-0.05, 0) is 30.4 Å². The molecule has 0 spiro atoms. The quantitative estimate of drug-likeness (QED) is 0.791. The molecule has 1 fully saturated rings. The Balaban J connectivity index is 1.67. The van der Waals surface area contributed by atoms with Gasteiger partial charge in [-0.3, -0.25) is 0 Å². The van der Waals surface area contributed by atoms with Gasteiger partial charge >= 0.3 is 0 Å². The third-order valence-electron chi connectivity index (χ3n) is 5.23. The van der Waals surface area contributed by atoms with Gasteiger partial charge in [0.05, 0.1) is 0 Å². The molecule has 0 aromatic heterocycles. The van der Waals surface area contributed by atoms with Crippen LogP contribution in [-0.4, -0.2) is 18.3 Å². The van der Waals surface area contributed by atoms with Crippen LogP contribution in [-0.2, 0) is 0 Å². The summed E-state index contributed by atoms with van der Waals surface area (Å²) in [6, 6.07) is 8.99. The van der Waals surface area contributed by atoms with E-state index in [-0.39, 0.29) is 11.5 Å². The molecule has 0 aliphatic heterocycles. The molecule has 4 N–H and O–H groups in total. The Kier molecular flexibility index (Phi) is 4.11. The molecule has 0 amide bonds. The summed E-state index contributed by atoms with van der Waals surface area (Å²) in [7, 11) is 0. The fourth-order valence-electron chi connectivity index (χ4n) is 3.90. The lowest BCUT2D eigenvalue weighted by atomic mass is 9.74. The highest BCUT2D eigenvalue weighted by Crippen LogP contribution is 2.39. The van der Waals surface area contributed by atoms with E-state index in [1.807, 2.05) is 0 Å². The molecule has 0 bridgehead atoms. The molecule has 110 valence electrons. The summed E-state index contributed by atoms with van der Waals surface area (Å²) in [6.07, 6.45) is 7.10. The number of aliphatic hydroxyl groups excluding tert-OH is 1. The number of nitrogens with two attached hydrogens (primary N) is 1. The summed E-state index contributed by atoms with van der Waals surface area (Å²) in [5, 5.41) is 13.5. The van der Waals surface area contributed by atoms with E-state index in [9.17, 15) is 5.11 Å². The molecule has 1 aromatic carbocycles. The normalized spacial score (nSPS) is 28.3. The molecule has 0 saturated heterocycles. The minimum Gasteiger partial charge on any atom is -0.396 e. The van der Waals surface area contributed by atoms with Crippen LogP contribution in [0.25, 0.3) is 0 Å². The standard InChI is InChI=1S/C17H26N2O/c18-15-10-16(14-7-3-2-6-13(14)15)19-11-17(12-20)8-4-1-5-9-17/h2-3,6-7,15-16,19-20H,1,4-5,8-12,18H2. The fourth-order valence-corrected chi connectivity index (χ4v) is 3.90. The highest BCUT2D eigenvalue weighted by Gasteiger charge is 2.34. The molecule has 2 unspecified atom stereocenters. The Morgan fingerprint density at radius 1 is 1.15 bits per heavy atom. The highest BCUT2D eigenvalue weighted by atomic mass is 16.3. The van der Waals surface area contributed by atoms with E-state index in [1.165, 1.54) is 30.4 Å². The second-order valence-corrected chi connectivity index (χ2v) is 6.62. The van der Waals surface area contributed by atoms with Crippen LogP contribution in [0.15, 0.2) is 24.3 Å². The van der Waals surface area contributed by atoms with Crippen molar-refractivity contribution in [2.24, 2.45) is 11.1 Å². The van der Waals surface area contributed by atoms with Gasteiger partial charge in [0.25, 0.3) is 0 Å². The van der Waals surface area contributed by atoms with Gasteiger partial charge in [-0.15, -0.1) is 0 Å². The number of benzene rings is 1. The summed E-state index contributed by atoms with van der Waals surface area (Å²) < 4.78 is 0. The fraction of sp³-hybridized carbons (Fsp3) is 0.647. The first-order valence-corrected chi connectivity index (χ1v) is 7.93. The van der Waals surface area contributed by atoms with E-state index >= 15 is 0 Å². The lowest BCUT2D eigenvalue weighted by molar-refractivity contribution is 0.0781. The zero-order valence-corrected chi connectivity index (χ0v) is 12.1. The average molecular weight is 274 g/mol. The molecule has 2 aliphatic rings. The van der Waals surface area contributed by atoms with Gasteiger partial charge in [0.1, 0.15) is 0 Å². The minimum atomic E-state index is 0.0971. The van der Waals surface area contributed by atoms with Gasteiger partial charge in [-0.2, -0.15) is 0 Å². The van der Waals surface area contributed by atoms with Crippen molar-refractivity contribution in [3.63, 3.8) is 0 Å². The monoisotopic (exact) mass is 274 g/mol. The molecule has 1 aromatic rings. The van der Waals surface area contributed by atoms with Crippen LogP contribution in [0.3, 0.4) is 0 Å². The summed E-state index contributed by atoms with van der Waals surface area (Å²) >= 11 is 0. The summed E-state index contributed by atoms with van der Waals surface area (Å²) in [4.78, 5) is 0. The second-order valence-electron chi connectivity index (χ2n) is 6.62. The minimum absolute atomic E-state index is 0.0971. The smallest absolute Gasteiger partial charge is 0.0499 e. The Morgan fingerprint density at radius 3 is 2.55 bits per heavy atom. The van der Waals surface area contributed by atoms with Crippen molar-refractivity contribution in [1.29, 1.82) is 0 Å². The number of hydrogen-bond donors (Lipinski definition) is 3. The summed E-state index contributed by atoms with van der Waals surface area (Å²) in [5.41, 5.74) is 8.95. The molecule has 2 aliphatic carbocycles. The maximum absolute atomic E-state index is 9.80. The molecular weight excluding hydrogens is 248 g/mol. The predicted molar refractivity (Wildman–Crippen MR) is 81.3 cm³/mol. The molecule has 20 heavy (non-hydrogen) atoms. The molecule has 3 heteroatoms. The first-order chi connectivity index (χ1) is 9.74. The molecule has 3 nitrogen and oxygen atoms in total. The topological polar surface area (TPSA) is 58.3 Å². The number of fused-ring (bicyclic) bond motifs is 1. The zero-order chi connectivity index (χ0) is 14.0. The van der Waals surface area contributed by atoms with Crippen LogP contribution < -0.4 is 11.1 Å². The van der Waals surface area contributed by atoms with Gasteiger partial charge in [-0.1, -0.05) is 43.5 Å². The largest absolute Gasteiger partial charge is 0.396 e. The van der Waals surface area contributed by atoms with Crippen molar-refractivity contribution >= 4 is 0 Å². The Labute approximate surface area is 121 Å². The zero-order valence-electron chi connectivity index (χ0n) is 12.1. The molecule has 0 radical (unpaired) electrons. The SMILES string of the molecule is NC1CC(NCC2(CO)CCCCC2)c2ccccc21. The van der Waals surface area contributed by atoms with Crippen molar-refractivity contribution in [1.82, 2.24) is 5.32 Å². The second kappa shape index (κ2) is 5.84. The van der Waals surface area contributed by atoms with Gasteiger partial charge in [-0.25, -0.2) is 0 Å². The first-order valence-electron chi connectivity index (χ1n) is 7.93. The highest BCUT2D eigenvalue weighted by molar-refractivity contribution is 5.37. The van der Waals surface area contributed by atoms with Crippen LogP contribution in [0.1, 0.15) is 61.7 Å². The summed E-state index contributed by atoms with van der Waals surface area (Å²) in [6.45, 7) is 1.22. The van der Waals surface area contributed by atoms with Crippen LogP contribution >= 0.6 is 0 Å². The first kappa shape index (κ1) is 14.1. The van der Waals surface area contributed by atoms with E-state index < -0.39 is 0 Å². The van der Waals surface area contributed by atoms with Crippen molar-refractivity contribution in [3.05, 3.63) is 35.4 Å². The molecular formula is C17H26N2O. The number of nitrogens with one attached hydrogen (secondary N) is 1. The maximum atomic E-state index is 9.80. The number of rotatable bonds is 4. The lowest BCUT2D eigenvalue weighted by Crippen LogP contribution is -2.40. The van der Waals surface area contributed by atoms with Crippen LogP contribution in [0.2, 0.25) is 0 Å². The van der Waals surface area contributed by atoms with Gasteiger partial charge < -0.3 is 16.2 Å². The molecule has 3 rings (SSSR count). The van der Waals surface area contributed by atoms with Crippen LogP contribution in [0.5, 0.6) is 0 Å². The maximum Gasteiger partial charge on any atom is 0.0499 e. The van der Waals surface area contributed by atoms with E-state index in [0.717, 1.165) is 25.8 Å². The van der Waals surface area contributed by atoms with Crippen LogP contribution in [0, 0.1) is 5.41 Å². The van der Waals surface area contributed by atoms with E-state index in [0.29, 0.717) is 12.6 Å².